The first kappa shape index (κ1) is 10.0. The van der Waals surface area contributed by atoms with Crippen LogP contribution in [0.4, 0.5) is 4.79 Å². The zero-order valence-electron chi connectivity index (χ0n) is 9.03. The van der Waals surface area contributed by atoms with Crippen LogP contribution in [0.25, 0.3) is 0 Å². The summed E-state index contributed by atoms with van der Waals surface area (Å²) < 4.78 is 0. The topological polar surface area (TPSA) is 40.5 Å². The van der Waals surface area contributed by atoms with Gasteiger partial charge in [0, 0.05) is 6.54 Å². The second kappa shape index (κ2) is 3.26. The third-order valence-corrected chi connectivity index (χ3v) is 3.19. The summed E-state index contributed by atoms with van der Waals surface area (Å²) in [5.74, 6) is 0. The number of rotatable bonds is 0. The number of carboxylic acid groups (broad SMARTS) is 1. The van der Waals surface area contributed by atoms with E-state index in [4.69, 9.17) is 5.11 Å². The molecule has 80 valence electrons. The Morgan fingerprint density at radius 2 is 2.07 bits per heavy atom. The summed E-state index contributed by atoms with van der Waals surface area (Å²) in [5.41, 5.74) is 1.97. The van der Waals surface area contributed by atoms with Crippen molar-refractivity contribution in [2.75, 3.05) is 6.54 Å². The third kappa shape index (κ3) is 1.48. The number of benzene rings is 1. The van der Waals surface area contributed by atoms with Gasteiger partial charge >= 0.3 is 6.09 Å². The van der Waals surface area contributed by atoms with E-state index >= 15 is 0 Å². The van der Waals surface area contributed by atoms with Gasteiger partial charge in [0.15, 0.2) is 0 Å². The van der Waals surface area contributed by atoms with E-state index in [-0.39, 0.29) is 0 Å². The Morgan fingerprint density at radius 3 is 2.73 bits per heavy atom. The standard InChI is InChI=1S/C12H15NO2/c1-12(2)10-6-4-3-5-9(10)7-8-13(12)11(14)15/h3-6H,7-8H2,1-2H3,(H,14,15). The zero-order valence-corrected chi connectivity index (χ0v) is 9.03. The van der Waals surface area contributed by atoms with Crippen LogP contribution in [0.3, 0.4) is 0 Å². The number of hydrogen-bond acceptors (Lipinski definition) is 1. The number of carbonyl (C=O) groups is 1. The molecule has 0 saturated carbocycles. The number of nitrogens with zero attached hydrogens (tertiary/aromatic N) is 1. The summed E-state index contributed by atoms with van der Waals surface area (Å²) in [6, 6.07) is 8.07. The van der Waals surface area contributed by atoms with E-state index in [1.807, 2.05) is 32.0 Å². The molecule has 0 saturated heterocycles. The molecule has 0 fully saturated rings. The lowest BCUT2D eigenvalue weighted by Gasteiger charge is -2.42. The Hall–Kier alpha value is -1.51. The predicted octanol–water partition coefficient (Wildman–Crippen LogP) is 2.46. The van der Waals surface area contributed by atoms with E-state index in [9.17, 15) is 4.79 Å². The molecular formula is C12H15NO2. The van der Waals surface area contributed by atoms with Crippen molar-refractivity contribution in [1.82, 2.24) is 4.90 Å². The molecule has 0 aromatic heterocycles. The number of hydrogen-bond donors (Lipinski definition) is 1. The molecule has 15 heavy (non-hydrogen) atoms. The fourth-order valence-electron chi connectivity index (χ4n) is 2.33. The van der Waals surface area contributed by atoms with Crippen molar-refractivity contribution in [2.24, 2.45) is 0 Å². The Morgan fingerprint density at radius 1 is 1.40 bits per heavy atom. The van der Waals surface area contributed by atoms with Gasteiger partial charge in [0.2, 0.25) is 0 Å². The van der Waals surface area contributed by atoms with Gasteiger partial charge in [-0.1, -0.05) is 24.3 Å². The normalized spacial score (nSPS) is 18.4. The van der Waals surface area contributed by atoms with Crippen molar-refractivity contribution in [2.45, 2.75) is 25.8 Å². The summed E-state index contributed by atoms with van der Waals surface area (Å²) in [4.78, 5) is 12.6. The van der Waals surface area contributed by atoms with Gasteiger partial charge in [0.05, 0.1) is 5.54 Å². The first-order chi connectivity index (χ1) is 7.03. The van der Waals surface area contributed by atoms with Gasteiger partial charge in [-0.15, -0.1) is 0 Å². The van der Waals surface area contributed by atoms with Gasteiger partial charge in [-0.3, -0.25) is 4.90 Å². The van der Waals surface area contributed by atoms with Crippen LogP contribution in [-0.2, 0) is 12.0 Å². The lowest BCUT2D eigenvalue weighted by Crippen LogP contribution is -2.49. The minimum atomic E-state index is -0.838. The van der Waals surface area contributed by atoms with Crippen molar-refractivity contribution < 1.29 is 9.90 Å². The minimum Gasteiger partial charge on any atom is -0.465 e. The van der Waals surface area contributed by atoms with Crippen LogP contribution in [0.15, 0.2) is 24.3 Å². The molecule has 2 rings (SSSR count). The van der Waals surface area contributed by atoms with Crippen LogP contribution in [0.5, 0.6) is 0 Å². The number of fused-ring (bicyclic) bond motifs is 1. The summed E-state index contributed by atoms with van der Waals surface area (Å²) in [7, 11) is 0. The fourth-order valence-corrected chi connectivity index (χ4v) is 2.33. The summed E-state index contributed by atoms with van der Waals surface area (Å²) in [5, 5.41) is 9.13. The molecule has 0 atom stereocenters. The Kier molecular flexibility index (Phi) is 2.18. The molecule has 1 amide bonds. The molecule has 1 N–H and O–H groups in total. The summed E-state index contributed by atoms with van der Waals surface area (Å²) in [6.07, 6.45) is -0.0270. The largest absolute Gasteiger partial charge is 0.465 e. The Labute approximate surface area is 89.3 Å². The number of amides is 1. The average Bonchev–Trinajstić information content (AvgIpc) is 2.17. The molecule has 0 radical (unpaired) electrons. The maximum atomic E-state index is 11.1. The highest BCUT2D eigenvalue weighted by Gasteiger charge is 2.36. The predicted molar refractivity (Wildman–Crippen MR) is 57.9 cm³/mol. The fraction of sp³-hybridized carbons (Fsp3) is 0.417. The molecular weight excluding hydrogens is 190 g/mol. The smallest absolute Gasteiger partial charge is 0.408 e. The van der Waals surface area contributed by atoms with E-state index in [1.54, 1.807) is 0 Å². The summed E-state index contributed by atoms with van der Waals surface area (Å²) in [6.45, 7) is 4.50. The summed E-state index contributed by atoms with van der Waals surface area (Å²) >= 11 is 0. The molecule has 1 aromatic rings. The van der Waals surface area contributed by atoms with E-state index < -0.39 is 11.6 Å². The van der Waals surface area contributed by atoms with Gasteiger partial charge < -0.3 is 5.11 Å². The monoisotopic (exact) mass is 205 g/mol. The van der Waals surface area contributed by atoms with E-state index in [0.717, 1.165) is 12.0 Å². The van der Waals surface area contributed by atoms with E-state index in [1.165, 1.54) is 10.5 Å². The third-order valence-electron chi connectivity index (χ3n) is 3.19. The second-order valence-electron chi connectivity index (χ2n) is 4.40. The van der Waals surface area contributed by atoms with Gasteiger partial charge in [-0.05, 0) is 31.4 Å². The lowest BCUT2D eigenvalue weighted by molar-refractivity contribution is 0.0852. The quantitative estimate of drug-likeness (QED) is 0.706. The van der Waals surface area contributed by atoms with Crippen LogP contribution in [-0.4, -0.2) is 22.6 Å². The van der Waals surface area contributed by atoms with Gasteiger partial charge in [0.25, 0.3) is 0 Å². The highest BCUT2D eigenvalue weighted by atomic mass is 16.4. The van der Waals surface area contributed by atoms with E-state index in [2.05, 4.69) is 6.07 Å². The molecule has 1 heterocycles. The van der Waals surface area contributed by atoms with Crippen LogP contribution < -0.4 is 0 Å². The van der Waals surface area contributed by atoms with Gasteiger partial charge in [0.1, 0.15) is 0 Å². The van der Waals surface area contributed by atoms with Crippen molar-refractivity contribution in [3.8, 4) is 0 Å². The zero-order chi connectivity index (χ0) is 11.1. The molecule has 3 heteroatoms. The molecule has 0 unspecified atom stereocenters. The van der Waals surface area contributed by atoms with Crippen LogP contribution >= 0.6 is 0 Å². The van der Waals surface area contributed by atoms with Crippen LogP contribution in [0.2, 0.25) is 0 Å². The maximum absolute atomic E-state index is 11.1. The van der Waals surface area contributed by atoms with Crippen molar-refractivity contribution in [1.29, 1.82) is 0 Å². The van der Waals surface area contributed by atoms with Gasteiger partial charge in [-0.25, -0.2) is 4.79 Å². The minimum absolute atomic E-state index is 0.416. The van der Waals surface area contributed by atoms with Crippen molar-refractivity contribution in [3.63, 3.8) is 0 Å². The SMILES string of the molecule is CC1(C)c2ccccc2CCN1C(=O)O. The molecule has 1 aliphatic rings. The highest BCUT2D eigenvalue weighted by molar-refractivity contribution is 5.67. The Balaban J connectivity index is 2.49. The lowest BCUT2D eigenvalue weighted by atomic mass is 9.84. The first-order valence-corrected chi connectivity index (χ1v) is 5.12. The average molecular weight is 205 g/mol. The van der Waals surface area contributed by atoms with E-state index in [0.29, 0.717) is 6.54 Å². The van der Waals surface area contributed by atoms with Crippen LogP contribution in [0.1, 0.15) is 25.0 Å². The molecule has 1 aliphatic heterocycles. The highest BCUT2D eigenvalue weighted by Crippen LogP contribution is 2.34. The molecule has 3 nitrogen and oxygen atoms in total. The van der Waals surface area contributed by atoms with Crippen molar-refractivity contribution >= 4 is 6.09 Å². The second-order valence-corrected chi connectivity index (χ2v) is 4.40. The molecule has 0 bridgehead atoms. The molecule has 0 aliphatic carbocycles. The van der Waals surface area contributed by atoms with Crippen molar-refractivity contribution in [3.05, 3.63) is 35.4 Å². The molecule has 0 spiro atoms. The maximum Gasteiger partial charge on any atom is 0.408 e. The first-order valence-electron chi connectivity index (χ1n) is 5.12. The van der Waals surface area contributed by atoms with Crippen LogP contribution in [0, 0.1) is 0 Å². The molecule has 1 aromatic carbocycles. The van der Waals surface area contributed by atoms with Gasteiger partial charge in [-0.2, -0.15) is 0 Å². The Bertz CT molecular complexity index is 398.